The molecule has 6 nitrogen and oxygen atoms in total. The van der Waals surface area contributed by atoms with Crippen LogP contribution in [-0.4, -0.2) is 30.6 Å². The fourth-order valence-electron chi connectivity index (χ4n) is 1.93. The van der Waals surface area contributed by atoms with E-state index in [4.69, 9.17) is 19.7 Å². The summed E-state index contributed by atoms with van der Waals surface area (Å²) in [4.78, 5) is 11.0. The molecule has 0 aromatic carbocycles. The molecular weight excluding hydrogens is 248 g/mol. The predicted octanol–water partition coefficient (Wildman–Crippen LogP) is 1.59. The first-order chi connectivity index (χ1) is 8.99. The van der Waals surface area contributed by atoms with Crippen LogP contribution >= 0.6 is 0 Å². The van der Waals surface area contributed by atoms with Crippen molar-refractivity contribution in [3.8, 4) is 0 Å². The normalized spacial score (nSPS) is 20.4. The number of aromatic nitrogens is 1. The van der Waals surface area contributed by atoms with E-state index < -0.39 is 5.91 Å². The van der Waals surface area contributed by atoms with Crippen molar-refractivity contribution < 1.29 is 18.8 Å². The van der Waals surface area contributed by atoms with E-state index in [-0.39, 0.29) is 17.5 Å². The molecule has 6 heteroatoms. The number of ether oxygens (including phenoxy) is 2. The summed E-state index contributed by atoms with van der Waals surface area (Å²) in [5.74, 6) is -0.553. The van der Waals surface area contributed by atoms with Gasteiger partial charge in [0.25, 0.3) is 5.91 Å². The average molecular weight is 268 g/mol. The Morgan fingerprint density at radius 3 is 2.95 bits per heavy atom. The van der Waals surface area contributed by atoms with Gasteiger partial charge in [0.05, 0.1) is 12.3 Å². The minimum absolute atomic E-state index is 0.0667. The van der Waals surface area contributed by atoms with Gasteiger partial charge in [0.1, 0.15) is 0 Å². The lowest BCUT2D eigenvalue weighted by atomic mass is 9.90. The first-order valence-corrected chi connectivity index (χ1v) is 6.49. The van der Waals surface area contributed by atoms with Crippen molar-refractivity contribution in [1.29, 1.82) is 0 Å². The third-order valence-corrected chi connectivity index (χ3v) is 3.21. The molecule has 1 atom stereocenters. The van der Waals surface area contributed by atoms with Crippen LogP contribution in [0.4, 0.5) is 0 Å². The molecule has 2 heterocycles. The number of carbonyl (C=O) groups is 1. The van der Waals surface area contributed by atoms with E-state index in [1.807, 2.05) is 13.8 Å². The van der Waals surface area contributed by atoms with Crippen LogP contribution in [0.25, 0.3) is 0 Å². The fraction of sp³-hybridized carbons (Fsp3) is 0.692. The monoisotopic (exact) mass is 268 g/mol. The van der Waals surface area contributed by atoms with Crippen molar-refractivity contribution in [3.63, 3.8) is 0 Å². The summed E-state index contributed by atoms with van der Waals surface area (Å²) >= 11 is 0. The Hall–Kier alpha value is -1.40. The standard InChI is InChI=1S/C13H20N2O4/c1-13(2,8-18-11-5-3-4-6-17-11)10-7-9(12(14)16)19-15-10/h7,11H,3-6,8H2,1-2H3,(H2,14,16). The summed E-state index contributed by atoms with van der Waals surface area (Å²) in [6.45, 7) is 5.14. The van der Waals surface area contributed by atoms with E-state index >= 15 is 0 Å². The molecule has 1 aromatic heterocycles. The second-order valence-electron chi connectivity index (χ2n) is 5.43. The van der Waals surface area contributed by atoms with Gasteiger partial charge in [-0.3, -0.25) is 4.79 Å². The third kappa shape index (κ3) is 3.54. The summed E-state index contributed by atoms with van der Waals surface area (Å²) < 4.78 is 16.2. The molecule has 1 aliphatic rings. The average Bonchev–Trinajstić information content (AvgIpc) is 2.88. The van der Waals surface area contributed by atoms with Gasteiger partial charge in [0.2, 0.25) is 5.76 Å². The van der Waals surface area contributed by atoms with Crippen LogP contribution in [-0.2, 0) is 14.9 Å². The molecular formula is C13H20N2O4. The summed E-state index contributed by atoms with van der Waals surface area (Å²) in [5, 5.41) is 3.88. The van der Waals surface area contributed by atoms with Gasteiger partial charge in [-0.15, -0.1) is 0 Å². The number of nitrogens with zero attached hydrogens (tertiary/aromatic N) is 1. The summed E-state index contributed by atoms with van der Waals surface area (Å²) in [6, 6.07) is 1.56. The van der Waals surface area contributed by atoms with Gasteiger partial charge in [0.15, 0.2) is 6.29 Å². The summed E-state index contributed by atoms with van der Waals surface area (Å²) in [6.07, 6.45) is 2.99. The highest BCUT2D eigenvalue weighted by Crippen LogP contribution is 2.25. The molecule has 0 bridgehead atoms. The lowest BCUT2D eigenvalue weighted by molar-refractivity contribution is -0.170. The Balaban J connectivity index is 1.94. The fourth-order valence-corrected chi connectivity index (χ4v) is 1.93. The number of nitrogens with two attached hydrogens (primary N) is 1. The first kappa shape index (κ1) is 14.0. The minimum Gasteiger partial charge on any atom is -0.363 e. The zero-order chi connectivity index (χ0) is 13.9. The van der Waals surface area contributed by atoms with Gasteiger partial charge in [-0.2, -0.15) is 0 Å². The highest BCUT2D eigenvalue weighted by atomic mass is 16.7. The maximum absolute atomic E-state index is 11.0. The Labute approximate surface area is 112 Å². The van der Waals surface area contributed by atoms with Gasteiger partial charge in [-0.1, -0.05) is 19.0 Å². The van der Waals surface area contributed by atoms with E-state index in [2.05, 4.69) is 5.16 Å². The summed E-state index contributed by atoms with van der Waals surface area (Å²) in [7, 11) is 0. The van der Waals surface area contributed by atoms with Crippen molar-refractivity contribution >= 4 is 5.91 Å². The molecule has 1 saturated heterocycles. The molecule has 0 spiro atoms. The van der Waals surface area contributed by atoms with Crippen LogP contribution in [0.2, 0.25) is 0 Å². The number of primary amides is 1. The zero-order valence-electron chi connectivity index (χ0n) is 11.3. The minimum atomic E-state index is -0.619. The van der Waals surface area contributed by atoms with Crippen molar-refractivity contribution in [2.75, 3.05) is 13.2 Å². The maximum Gasteiger partial charge on any atom is 0.287 e. The van der Waals surface area contributed by atoms with Gasteiger partial charge in [0, 0.05) is 18.1 Å². The second kappa shape index (κ2) is 5.71. The molecule has 2 rings (SSSR count). The Morgan fingerprint density at radius 2 is 2.37 bits per heavy atom. The molecule has 1 aromatic rings. The van der Waals surface area contributed by atoms with Crippen LogP contribution in [0, 0.1) is 0 Å². The highest BCUT2D eigenvalue weighted by Gasteiger charge is 2.28. The van der Waals surface area contributed by atoms with E-state index in [9.17, 15) is 4.79 Å². The van der Waals surface area contributed by atoms with Crippen molar-refractivity contribution in [1.82, 2.24) is 5.16 Å². The molecule has 1 amide bonds. The molecule has 2 N–H and O–H groups in total. The van der Waals surface area contributed by atoms with Crippen molar-refractivity contribution in [2.45, 2.75) is 44.8 Å². The zero-order valence-corrected chi connectivity index (χ0v) is 11.3. The van der Waals surface area contributed by atoms with E-state index in [1.165, 1.54) is 0 Å². The van der Waals surface area contributed by atoms with Gasteiger partial charge < -0.3 is 19.7 Å². The number of rotatable bonds is 5. The molecule has 1 fully saturated rings. The van der Waals surface area contributed by atoms with Gasteiger partial charge in [-0.05, 0) is 19.3 Å². The number of carbonyl (C=O) groups excluding carboxylic acids is 1. The third-order valence-electron chi connectivity index (χ3n) is 3.21. The lowest BCUT2D eigenvalue weighted by Gasteiger charge is -2.28. The number of amides is 1. The SMILES string of the molecule is CC(C)(COC1CCCCO1)c1cc(C(N)=O)on1. The first-order valence-electron chi connectivity index (χ1n) is 6.49. The van der Waals surface area contributed by atoms with E-state index in [0.29, 0.717) is 12.3 Å². The van der Waals surface area contributed by atoms with Crippen LogP contribution in [0.15, 0.2) is 10.6 Å². The van der Waals surface area contributed by atoms with Crippen molar-refractivity contribution in [2.24, 2.45) is 5.73 Å². The maximum atomic E-state index is 11.0. The predicted molar refractivity (Wildman–Crippen MR) is 67.6 cm³/mol. The lowest BCUT2D eigenvalue weighted by Crippen LogP contribution is -2.31. The summed E-state index contributed by atoms with van der Waals surface area (Å²) in [5.41, 5.74) is 5.42. The topological polar surface area (TPSA) is 87.6 Å². The van der Waals surface area contributed by atoms with E-state index in [1.54, 1.807) is 6.07 Å². The molecule has 1 unspecified atom stereocenters. The Kier molecular flexibility index (Phi) is 4.21. The molecule has 0 saturated carbocycles. The molecule has 0 aliphatic carbocycles. The molecule has 0 radical (unpaired) electrons. The van der Waals surface area contributed by atoms with Crippen LogP contribution in [0.3, 0.4) is 0 Å². The highest BCUT2D eigenvalue weighted by molar-refractivity contribution is 5.89. The van der Waals surface area contributed by atoms with Gasteiger partial charge in [-0.25, -0.2) is 0 Å². The molecule has 1 aliphatic heterocycles. The quantitative estimate of drug-likeness (QED) is 0.876. The van der Waals surface area contributed by atoms with Crippen molar-refractivity contribution in [3.05, 3.63) is 17.5 Å². The largest absolute Gasteiger partial charge is 0.363 e. The van der Waals surface area contributed by atoms with E-state index in [0.717, 1.165) is 25.9 Å². The second-order valence-corrected chi connectivity index (χ2v) is 5.43. The Bertz CT molecular complexity index is 436. The number of hydrogen-bond donors (Lipinski definition) is 1. The van der Waals surface area contributed by atoms with Crippen LogP contribution < -0.4 is 5.73 Å². The smallest absolute Gasteiger partial charge is 0.287 e. The molecule has 106 valence electrons. The van der Waals surface area contributed by atoms with Gasteiger partial charge >= 0.3 is 0 Å². The number of hydrogen-bond acceptors (Lipinski definition) is 5. The molecule has 19 heavy (non-hydrogen) atoms. The van der Waals surface area contributed by atoms with Crippen LogP contribution in [0.5, 0.6) is 0 Å². The Morgan fingerprint density at radius 1 is 1.58 bits per heavy atom. The van der Waals surface area contributed by atoms with Crippen LogP contribution in [0.1, 0.15) is 49.4 Å².